The van der Waals surface area contributed by atoms with Crippen LogP contribution in [0.2, 0.25) is 0 Å². The Morgan fingerprint density at radius 3 is 2.45 bits per heavy atom. The first-order valence-electron chi connectivity index (χ1n) is 6.63. The molecule has 0 aliphatic carbocycles. The van der Waals surface area contributed by atoms with Gasteiger partial charge in [0.1, 0.15) is 0 Å². The lowest BCUT2D eigenvalue weighted by molar-refractivity contribution is 0.176. The number of piperidine rings is 1. The Balaban J connectivity index is 2.18. The maximum Gasteiger partial charge on any atom is 0.263 e. The minimum atomic E-state index is -3.57. The molecule has 0 unspecified atom stereocenters. The van der Waals surface area contributed by atoms with E-state index in [1.54, 1.807) is 14.1 Å². The van der Waals surface area contributed by atoms with Crippen LogP contribution in [0, 0.1) is 0 Å². The molecule has 114 valence electrons. The van der Waals surface area contributed by atoms with Crippen molar-refractivity contribution in [2.45, 2.75) is 30.8 Å². The Morgan fingerprint density at radius 2 is 2.00 bits per heavy atom. The smallest absolute Gasteiger partial charge is 0.263 e. The van der Waals surface area contributed by atoms with Gasteiger partial charge in [-0.05, 0) is 48.4 Å². The van der Waals surface area contributed by atoms with Crippen molar-refractivity contribution >= 4 is 26.0 Å². The predicted molar refractivity (Wildman–Crippen MR) is 78.8 cm³/mol. The third kappa shape index (κ3) is 2.90. The number of hydrogen-bond donors (Lipinski definition) is 0. The predicted octanol–water partition coefficient (Wildman–Crippen LogP) is 0.682. The van der Waals surface area contributed by atoms with E-state index in [1.807, 2.05) is 0 Å². The minimum Gasteiger partial charge on any atom is -0.303 e. The van der Waals surface area contributed by atoms with Crippen molar-refractivity contribution in [3.63, 3.8) is 0 Å². The fourth-order valence-corrected chi connectivity index (χ4v) is 4.97. The van der Waals surface area contributed by atoms with Crippen LogP contribution in [-0.4, -0.2) is 65.3 Å². The van der Waals surface area contributed by atoms with Crippen molar-refractivity contribution in [1.29, 1.82) is 0 Å². The molecule has 0 aromatic carbocycles. The fraction of sp³-hybridized carbons (Fsp3) is 0.818. The number of sulfonamides is 1. The van der Waals surface area contributed by atoms with Gasteiger partial charge in [0.05, 0.1) is 0 Å². The molecule has 0 amide bonds. The molecule has 1 aliphatic rings. The van der Waals surface area contributed by atoms with Crippen LogP contribution in [0.15, 0.2) is 9.63 Å². The lowest BCUT2D eigenvalue weighted by Crippen LogP contribution is -2.45. The van der Waals surface area contributed by atoms with Crippen molar-refractivity contribution in [2.24, 2.45) is 7.05 Å². The van der Waals surface area contributed by atoms with E-state index in [1.165, 1.54) is 8.99 Å². The maximum absolute atomic E-state index is 12.7. The monoisotopic (exact) mass is 365 g/mol. The van der Waals surface area contributed by atoms with Crippen molar-refractivity contribution < 1.29 is 8.42 Å². The van der Waals surface area contributed by atoms with E-state index in [0.717, 1.165) is 32.5 Å². The standard InChI is InChI=1S/C11H20BrN5O2S/c1-4-17-7-5-9(6-8-17)16(3)20(18,19)11-10(12)13-14-15(11)2/h9H,4-8H2,1-3H3. The van der Waals surface area contributed by atoms with Gasteiger partial charge in [-0.2, -0.15) is 4.31 Å². The van der Waals surface area contributed by atoms with Gasteiger partial charge in [-0.25, -0.2) is 13.1 Å². The van der Waals surface area contributed by atoms with Gasteiger partial charge in [-0.15, -0.1) is 5.10 Å². The Kier molecular flexibility index (Phi) is 4.83. The normalized spacial score (nSPS) is 18.9. The molecule has 1 aliphatic heterocycles. The molecule has 1 aromatic rings. The van der Waals surface area contributed by atoms with Crippen LogP contribution in [0.25, 0.3) is 0 Å². The molecule has 0 saturated carbocycles. The molecule has 20 heavy (non-hydrogen) atoms. The van der Waals surface area contributed by atoms with Crippen LogP contribution < -0.4 is 0 Å². The molecular formula is C11H20BrN5O2S. The van der Waals surface area contributed by atoms with Gasteiger partial charge in [-0.3, -0.25) is 0 Å². The molecule has 1 saturated heterocycles. The summed E-state index contributed by atoms with van der Waals surface area (Å²) in [6.07, 6.45) is 1.71. The maximum atomic E-state index is 12.7. The summed E-state index contributed by atoms with van der Waals surface area (Å²) in [6, 6.07) is 0.0320. The highest BCUT2D eigenvalue weighted by atomic mass is 79.9. The summed E-state index contributed by atoms with van der Waals surface area (Å²) in [6.45, 7) is 5.01. The fourth-order valence-electron chi connectivity index (χ4n) is 2.53. The van der Waals surface area contributed by atoms with Crippen LogP contribution in [0.3, 0.4) is 0 Å². The SMILES string of the molecule is CCN1CCC(N(C)S(=O)(=O)c2c(Br)nnn2C)CC1. The zero-order chi connectivity index (χ0) is 14.9. The summed E-state index contributed by atoms with van der Waals surface area (Å²) >= 11 is 3.16. The van der Waals surface area contributed by atoms with Crippen molar-refractivity contribution in [2.75, 3.05) is 26.7 Å². The van der Waals surface area contributed by atoms with Gasteiger partial charge in [0, 0.05) is 20.1 Å². The second kappa shape index (κ2) is 6.08. The number of aryl methyl sites for hydroxylation is 1. The minimum absolute atomic E-state index is 0.0320. The number of hydrogen-bond acceptors (Lipinski definition) is 5. The van der Waals surface area contributed by atoms with Crippen LogP contribution in [0.5, 0.6) is 0 Å². The van der Waals surface area contributed by atoms with Gasteiger partial charge in [0.15, 0.2) is 4.60 Å². The van der Waals surface area contributed by atoms with Gasteiger partial charge < -0.3 is 4.90 Å². The number of halogens is 1. The summed E-state index contributed by atoms with van der Waals surface area (Å²) in [7, 11) is -0.353. The van der Waals surface area contributed by atoms with Gasteiger partial charge in [0.2, 0.25) is 5.03 Å². The van der Waals surface area contributed by atoms with Crippen LogP contribution in [0.4, 0.5) is 0 Å². The highest BCUT2D eigenvalue weighted by molar-refractivity contribution is 9.10. The molecule has 0 radical (unpaired) electrons. The van der Waals surface area contributed by atoms with E-state index >= 15 is 0 Å². The number of rotatable bonds is 4. The topological polar surface area (TPSA) is 71.3 Å². The molecule has 0 bridgehead atoms. The van der Waals surface area contributed by atoms with Gasteiger partial charge in [0.25, 0.3) is 10.0 Å². The van der Waals surface area contributed by atoms with Gasteiger partial charge in [-0.1, -0.05) is 12.1 Å². The van der Waals surface area contributed by atoms with E-state index in [-0.39, 0.29) is 15.7 Å². The number of aromatic nitrogens is 3. The Morgan fingerprint density at radius 1 is 1.40 bits per heavy atom. The summed E-state index contributed by atoms with van der Waals surface area (Å²) < 4.78 is 28.3. The summed E-state index contributed by atoms with van der Waals surface area (Å²) in [5, 5.41) is 7.60. The second-order valence-corrected chi connectivity index (χ2v) is 7.66. The van der Waals surface area contributed by atoms with E-state index in [2.05, 4.69) is 38.1 Å². The van der Waals surface area contributed by atoms with Crippen LogP contribution in [-0.2, 0) is 17.1 Å². The summed E-state index contributed by atoms with van der Waals surface area (Å²) in [5.74, 6) is 0. The van der Waals surface area contributed by atoms with Crippen molar-refractivity contribution in [1.82, 2.24) is 24.2 Å². The van der Waals surface area contributed by atoms with E-state index in [9.17, 15) is 8.42 Å². The quantitative estimate of drug-likeness (QED) is 0.784. The highest BCUT2D eigenvalue weighted by Gasteiger charge is 2.34. The number of nitrogens with zero attached hydrogens (tertiary/aromatic N) is 5. The molecule has 0 N–H and O–H groups in total. The Hall–Kier alpha value is -0.510. The first kappa shape index (κ1) is 15.9. The molecule has 0 atom stereocenters. The first-order valence-corrected chi connectivity index (χ1v) is 8.86. The third-order valence-electron chi connectivity index (χ3n) is 3.88. The summed E-state index contributed by atoms with van der Waals surface area (Å²) in [5.41, 5.74) is 0. The Bertz CT molecular complexity index is 546. The second-order valence-electron chi connectivity index (χ2n) is 5.00. The van der Waals surface area contributed by atoms with E-state index in [4.69, 9.17) is 0 Å². The van der Waals surface area contributed by atoms with E-state index < -0.39 is 10.0 Å². The lowest BCUT2D eigenvalue weighted by Gasteiger charge is -2.35. The zero-order valence-corrected chi connectivity index (χ0v) is 14.4. The number of likely N-dealkylation sites (tertiary alicyclic amines) is 1. The average Bonchev–Trinajstić information content (AvgIpc) is 2.78. The molecule has 1 fully saturated rings. The first-order chi connectivity index (χ1) is 9.37. The lowest BCUT2D eigenvalue weighted by atomic mass is 10.1. The van der Waals surface area contributed by atoms with Crippen LogP contribution in [0.1, 0.15) is 19.8 Å². The molecule has 1 aromatic heterocycles. The molecule has 9 heteroatoms. The molecule has 2 rings (SSSR count). The summed E-state index contributed by atoms with van der Waals surface area (Å²) in [4.78, 5) is 2.33. The Labute approximate surface area is 128 Å². The van der Waals surface area contributed by atoms with E-state index in [0.29, 0.717) is 0 Å². The molecule has 0 spiro atoms. The molecular weight excluding hydrogens is 346 g/mol. The average molecular weight is 366 g/mol. The van der Waals surface area contributed by atoms with Crippen molar-refractivity contribution in [3.05, 3.63) is 4.60 Å². The van der Waals surface area contributed by atoms with Gasteiger partial charge >= 0.3 is 0 Å². The van der Waals surface area contributed by atoms with Crippen molar-refractivity contribution in [3.8, 4) is 0 Å². The largest absolute Gasteiger partial charge is 0.303 e. The molecule has 7 nitrogen and oxygen atoms in total. The third-order valence-corrected chi connectivity index (χ3v) is 6.68. The zero-order valence-electron chi connectivity index (χ0n) is 12.0. The van der Waals surface area contributed by atoms with Crippen LogP contribution >= 0.6 is 15.9 Å². The highest BCUT2D eigenvalue weighted by Crippen LogP contribution is 2.25. The molecule has 2 heterocycles.